The molecule has 1 saturated heterocycles. The predicted octanol–water partition coefficient (Wildman–Crippen LogP) is 1.49. The molecule has 20 heavy (non-hydrogen) atoms. The zero-order valence-corrected chi connectivity index (χ0v) is 12.6. The molecule has 1 unspecified atom stereocenters. The van der Waals surface area contributed by atoms with Crippen molar-refractivity contribution >= 4 is 5.96 Å². The van der Waals surface area contributed by atoms with Crippen LogP contribution in [-0.2, 0) is 6.42 Å². The van der Waals surface area contributed by atoms with E-state index in [4.69, 9.17) is 0 Å². The molecule has 1 aliphatic rings. The third-order valence-electron chi connectivity index (χ3n) is 3.95. The minimum atomic E-state index is 0.641. The van der Waals surface area contributed by atoms with E-state index in [0.29, 0.717) is 6.04 Å². The molecule has 1 aliphatic heterocycles. The standard InChI is InChI=1S/C16H26N4/c1-17-16(19-13-15-9-6-12-20(15)2)18-11-10-14-7-4-3-5-8-14/h3-5,7-8,15H,6,9-13H2,1-2H3,(H2,17,18,19). The number of nitrogens with one attached hydrogen (secondary N) is 2. The predicted molar refractivity (Wildman–Crippen MR) is 85.2 cm³/mol. The summed E-state index contributed by atoms with van der Waals surface area (Å²) in [6.45, 7) is 3.10. The zero-order chi connectivity index (χ0) is 14.2. The number of aliphatic imine (C=N–C) groups is 1. The number of hydrogen-bond acceptors (Lipinski definition) is 2. The van der Waals surface area contributed by atoms with Gasteiger partial charge in [0.1, 0.15) is 0 Å². The first-order chi connectivity index (χ1) is 9.79. The normalized spacial score (nSPS) is 20.1. The van der Waals surface area contributed by atoms with Gasteiger partial charge in [-0.05, 0) is 38.4 Å². The Hall–Kier alpha value is -1.55. The van der Waals surface area contributed by atoms with Crippen LogP contribution in [0.4, 0.5) is 0 Å². The minimum Gasteiger partial charge on any atom is -0.356 e. The van der Waals surface area contributed by atoms with Gasteiger partial charge in [-0.1, -0.05) is 30.3 Å². The second kappa shape index (κ2) is 7.90. The fraction of sp³-hybridized carbons (Fsp3) is 0.562. The molecule has 0 spiro atoms. The highest BCUT2D eigenvalue weighted by Crippen LogP contribution is 2.13. The molecule has 4 heteroatoms. The van der Waals surface area contributed by atoms with E-state index in [1.165, 1.54) is 24.9 Å². The van der Waals surface area contributed by atoms with Gasteiger partial charge in [0.15, 0.2) is 5.96 Å². The summed E-state index contributed by atoms with van der Waals surface area (Å²) in [5, 5.41) is 6.80. The van der Waals surface area contributed by atoms with Crippen LogP contribution < -0.4 is 10.6 Å². The first-order valence-electron chi connectivity index (χ1n) is 7.48. The van der Waals surface area contributed by atoms with Gasteiger partial charge in [0.05, 0.1) is 0 Å². The molecule has 1 aromatic carbocycles. The van der Waals surface area contributed by atoms with Crippen molar-refractivity contribution in [2.24, 2.45) is 4.99 Å². The van der Waals surface area contributed by atoms with E-state index >= 15 is 0 Å². The molecule has 4 nitrogen and oxygen atoms in total. The van der Waals surface area contributed by atoms with Gasteiger partial charge < -0.3 is 15.5 Å². The number of likely N-dealkylation sites (tertiary alicyclic amines) is 1. The van der Waals surface area contributed by atoms with E-state index in [-0.39, 0.29) is 0 Å². The van der Waals surface area contributed by atoms with Crippen molar-refractivity contribution in [3.63, 3.8) is 0 Å². The maximum Gasteiger partial charge on any atom is 0.191 e. The highest BCUT2D eigenvalue weighted by Gasteiger charge is 2.20. The number of guanidine groups is 1. The highest BCUT2D eigenvalue weighted by molar-refractivity contribution is 5.79. The fourth-order valence-electron chi connectivity index (χ4n) is 2.64. The van der Waals surface area contributed by atoms with Gasteiger partial charge in [-0.2, -0.15) is 0 Å². The molecule has 0 amide bonds. The molecular formula is C16H26N4. The molecule has 2 rings (SSSR count). The molecular weight excluding hydrogens is 248 g/mol. The van der Waals surface area contributed by atoms with E-state index < -0.39 is 0 Å². The molecule has 110 valence electrons. The van der Waals surface area contributed by atoms with Crippen LogP contribution in [0.25, 0.3) is 0 Å². The van der Waals surface area contributed by atoms with Crippen molar-refractivity contribution in [2.45, 2.75) is 25.3 Å². The largest absolute Gasteiger partial charge is 0.356 e. The molecule has 1 aromatic rings. The van der Waals surface area contributed by atoms with Crippen LogP contribution in [0.3, 0.4) is 0 Å². The molecule has 1 heterocycles. The van der Waals surface area contributed by atoms with Crippen LogP contribution in [-0.4, -0.2) is 50.6 Å². The van der Waals surface area contributed by atoms with Gasteiger partial charge in [0.25, 0.3) is 0 Å². The van der Waals surface area contributed by atoms with Crippen LogP contribution in [0, 0.1) is 0 Å². The topological polar surface area (TPSA) is 39.7 Å². The van der Waals surface area contributed by atoms with Crippen LogP contribution in [0.1, 0.15) is 18.4 Å². The summed E-state index contributed by atoms with van der Waals surface area (Å²) < 4.78 is 0. The van der Waals surface area contributed by atoms with Crippen LogP contribution in [0.15, 0.2) is 35.3 Å². The maximum absolute atomic E-state index is 4.28. The van der Waals surface area contributed by atoms with E-state index in [2.05, 4.69) is 57.9 Å². The summed E-state index contributed by atoms with van der Waals surface area (Å²) >= 11 is 0. The van der Waals surface area contributed by atoms with Crippen LogP contribution in [0.2, 0.25) is 0 Å². The quantitative estimate of drug-likeness (QED) is 0.631. The first-order valence-corrected chi connectivity index (χ1v) is 7.48. The van der Waals surface area contributed by atoms with Crippen molar-refractivity contribution in [1.82, 2.24) is 15.5 Å². The Balaban J connectivity index is 1.67. The Bertz CT molecular complexity index is 416. The summed E-state index contributed by atoms with van der Waals surface area (Å²) in [7, 11) is 4.03. The van der Waals surface area contributed by atoms with Crippen molar-refractivity contribution in [1.29, 1.82) is 0 Å². The van der Waals surface area contributed by atoms with E-state index in [0.717, 1.165) is 25.5 Å². The number of likely N-dealkylation sites (N-methyl/N-ethyl adjacent to an activating group) is 1. The second-order valence-electron chi connectivity index (χ2n) is 5.39. The second-order valence-corrected chi connectivity index (χ2v) is 5.39. The SMILES string of the molecule is CN=C(NCCc1ccccc1)NCC1CCCN1C. The average molecular weight is 274 g/mol. The van der Waals surface area contributed by atoms with Crippen LogP contribution in [0.5, 0.6) is 0 Å². The molecule has 1 fully saturated rings. The fourth-order valence-corrected chi connectivity index (χ4v) is 2.64. The maximum atomic E-state index is 4.28. The Morgan fingerprint density at radius 2 is 2.10 bits per heavy atom. The summed E-state index contributed by atoms with van der Waals surface area (Å²) in [4.78, 5) is 6.70. The molecule has 0 bridgehead atoms. The lowest BCUT2D eigenvalue weighted by atomic mass is 10.1. The van der Waals surface area contributed by atoms with E-state index in [1.54, 1.807) is 0 Å². The van der Waals surface area contributed by atoms with E-state index in [9.17, 15) is 0 Å². The van der Waals surface area contributed by atoms with Gasteiger partial charge in [-0.25, -0.2) is 0 Å². The zero-order valence-electron chi connectivity index (χ0n) is 12.6. The number of hydrogen-bond donors (Lipinski definition) is 2. The molecule has 0 radical (unpaired) electrons. The Morgan fingerprint density at radius 3 is 2.75 bits per heavy atom. The monoisotopic (exact) mass is 274 g/mol. The Labute approximate surface area is 122 Å². The van der Waals surface area contributed by atoms with Gasteiger partial charge in [-0.15, -0.1) is 0 Å². The minimum absolute atomic E-state index is 0.641. The molecule has 0 saturated carbocycles. The number of nitrogens with zero attached hydrogens (tertiary/aromatic N) is 2. The first kappa shape index (κ1) is 14.9. The van der Waals surface area contributed by atoms with Gasteiger partial charge in [0, 0.05) is 26.2 Å². The van der Waals surface area contributed by atoms with Gasteiger partial charge in [-0.3, -0.25) is 4.99 Å². The Kier molecular flexibility index (Phi) is 5.87. The lowest BCUT2D eigenvalue weighted by Gasteiger charge is -2.21. The van der Waals surface area contributed by atoms with E-state index in [1.807, 2.05) is 7.05 Å². The van der Waals surface area contributed by atoms with Crippen molar-refractivity contribution in [2.75, 3.05) is 33.7 Å². The molecule has 0 aromatic heterocycles. The third kappa shape index (κ3) is 4.53. The summed E-state index contributed by atoms with van der Waals surface area (Å²) in [6.07, 6.45) is 3.61. The van der Waals surface area contributed by atoms with Crippen LogP contribution >= 0.6 is 0 Å². The number of rotatable bonds is 5. The summed E-state index contributed by atoms with van der Waals surface area (Å²) in [6, 6.07) is 11.2. The van der Waals surface area contributed by atoms with Crippen molar-refractivity contribution in [3.05, 3.63) is 35.9 Å². The van der Waals surface area contributed by atoms with Crippen molar-refractivity contribution in [3.8, 4) is 0 Å². The smallest absolute Gasteiger partial charge is 0.191 e. The lowest BCUT2D eigenvalue weighted by molar-refractivity contribution is 0.309. The average Bonchev–Trinajstić information content (AvgIpc) is 2.89. The third-order valence-corrected chi connectivity index (χ3v) is 3.95. The number of benzene rings is 1. The highest BCUT2D eigenvalue weighted by atomic mass is 15.2. The lowest BCUT2D eigenvalue weighted by Crippen LogP contribution is -2.44. The van der Waals surface area contributed by atoms with Gasteiger partial charge in [0.2, 0.25) is 0 Å². The molecule has 1 atom stereocenters. The van der Waals surface area contributed by atoms with Crippen molar-refractivity contribution < 1.29 is 0 Å². The molecule has 2 N–H and O–H groups in total. The van der Waals surface area contributed by atoms with Gasteiger partial charge >= 0.3 is 0 Å². The summed E-state index contributed by atoms with van der Waals surface area (Å²) in [5.41, 5.74) is 1.35. The summed E-state index contributed by atoms with van der Waals surface area (Å²) in [5.74, 6) is 0.904. The molecule has 0 aliphatic carbocycles. The Morgan fingerprint density at radius 1 is 1.30 bits per heavy atom.